The van der Waals surface area contributed by atoms with Crippen molar-refractivity contribution in [3.8, 4) is 0 Å². The van der Waals surface area contributed by atoms with E-state index in [1.165, 1.54) is 36.9 Å². The smallest absolute Gasteiger partial charge is 0.262 e. The van der Waals surface area contributed by atoms with Gasteiger partial charge in [0.1, 0.15) is 0 Å². The van der Waals surface area contributed by atoms with Crippen LogP contribution in [0.25, 0.3) is 0 Å². The van der Waals surface area contributed by atoms with Gasteiger partial charge in [-0.2, -0.15) is 0 Å². The maximum atomic E-state index is 12.4. The molecule has 0 radical (unpaired) electrons. The molecule has 0 spiro atoms. The molecule has 0 saturated carbocycles. The van der Waals surface area contributed by atoms with Crippen molar-refractivity contribution in [1.29, 1.82) is 0 Å². The molecule has 2 N–H and O–H groups in total. The molecule has 27 heavy (non-hydrogen) atoms. The van der Waals surface area contributed by atoms with Crippen molar-refractivity contribution in [2.45, 2.75) is 44.0 Å². The Bertz CT molecular complexity index is 883. The SMILES string of the molecule is CONS(=O)(=O)c1ccc(C(=O)NC(C)c2ccc(C(C)(C)C)cc2)cc1. The van der Waals surface area contributed by atoms with Gasteiger partial charge >= 0.3 is 0 Å². The highest BCUT2D eigenvalue weighted by atomic mass is 32.2. The summed E-state index contributed by atoms with van der Waals surface area (Å²) in [7, 11) is -2.52. The monoisotopic (exact) mass is 390 g/mol. The molecule has 2 aromatic rings. The fourth-order valence-electron chi connectivity index (χ4n) is 2.58. The fraction of sp³-hybridized carbons (Fsp3) is 0.350. The van der Waals surface area contributed by atoms with Crippen LogP contribution in [0.15, 0.2) is 53.4 Å². The summed E-state index contributed by atoms with van der Waals surface area (Å²) in [6, 6.07) is 13.6. The summed E-state index contributed by atoms with van der Waals surface area (Å²) in [5, 5.41) is 2.93. The van der Waals surface area contributed by atoms with E-state index in [9.17, 15) is 13.2 Å². The van der Waals surface area contributed by atoms with Crippen LogP contribution in [0.1, 0.15) is 55.2 Å². The minimum Gasteiger partial charge on any atom is -0.346 e. The quantitative estimate of drug-likeness (QED) is 0.741. The maximum Gasteiger partial charge on any atom is 0.262 e. The van der Waals surface area contributed by atoms with Gasteiger partial charge in [0.2, 0.25) is 0 Å². The van der Waals surface area contributed by atoms with Crippen LogP contribution in [0.4, 0.5) is 0 Å². The van der Waals surface area contributed by atoms with Crippen molar-refractivity contribution in [2.75, 3.05) is 7.11 Å². The molecule has 6 nitrogen and oxygen atoms in total. The number of benzene rings is 2. The molecule has 0 aliphatic carbocycles. The number of carbonyl (C=O) groups is 1. The van der Waals surface area contributed by atoms with E-state index in [0.717, 1.165) is 5.56 Å². The Balaban J connectivity index is 2.08. The van der Waals surface area contributed by atoms with Crippen molar-refractivity contribution in [3.63, 3.8) is 0 Å². The molecule has 2 rings (SSSR count). The van der Waals surface area contributed by atoms with E-state index >= 15 is 0 Å². The second-order valence-corrected chi connectivity index (χ2v) is 9.03. The van der Waals surface area contributed by atoms with Crippen molar-refractivity contribution in [3.05, 3.63) is 65.2 Å². The van der Waals surface area contributed by atoms with Gasteiger partial charge in [0.15, 0.2) is 0 Å². The summed E-state index contributed by atoms with van der Waals surface area (Å²) in [6.07, 6.45) is 0. The lowest BCUT2D eigenvalue weighted by Gasteiger charge is -2.20. The normalized spacial score (nSPS) is 13.2. The standard InChI is InChI=1S/C20H26N2O4S/c1-14(15-6-10-17(11-7-15)20(2,3)4)21-19(23)16-8-12-18(13-9-16)27(24,25)22-26-5/h6-14,22H,1-5H3,(H,21,23). The van der Waals surface area contributed by atoms with Crippen LogP contribution in [0, 0.1) is 0 Å². The van der Waals surface area contributed by atoms with Gasteiger partial charge in [0.25, 0.3) is 15.9 Å². The molecule has 0 aliphatic rings. The number of carbonyl (C=O) groups excluding carboxylic acids is 1. The van der Waals surface area contributed by atoms with Crippen molar-refractivity contribution in [2.24, 2.45) is 0 Å². The molecule has 1 unspecified atom stereocenters. The summed E-state index contributed by atoms with van der Waals surface area (Å²) in [5.41, 5.74) is 2.68. The topological polar surface area (TPSA) is 84.5 Å². The number of nitrogens with one attached hydrogen (secondary N) is 2. The highest BCUT2D eigenvalue weighted by molar-refractivity contribution is 7.89. The molecule has 0 aromatic heterocycles. The molecule has 0 saturated heterocycles. The van der Waals surface area contributed by atoms with Crippen LogP contribution in [0.5, 0.6) is 0 Å². The first kappa shape index (κ1) is 21.1. The Kier molecular flexibility index (Phi) is 6.41. The highest BCUT2D eigenvalue weighted by Crippen LogP contribution is 2.24. The Morgan fingerprint density at radius 1 is 1.00 bits per heavy atom. The van der Waals surface area contributed by atoms with Gasteiger partial charge in [0.05, 0.1) is 18.0 Å². The third-order valence-electron chi connectivity index (χ3n) is 4.24. The first-order chi connectivity index (χ1) is 12.5. The maximum absolute atomic E-state index is 12.4. The Morgan fingerprint density at radius 2 is 1.56 bits per heavy atom. The van der Waals surface area contributed by atoms with Crippen LogP contribution in [0.2, 0.25) is 0 Å². The van der Waals surface area contributed by atoms with Crippen molar-refractivity contribution >= 4 is 15.9 Å². The molecule has 0 heterocycles. The zero-order chi connectivity index (χ0) is 20.2. The minimum absolute atomic E-state index is 0.0201. The lowest BCUT2D eigenvalue weighted by molar-refractivity contribution is 0.0939. The summed E-state index contributed by atoms with van der Waals surface area (Å²) < 4.78 is 23.7. The first-order valence-electron chi connectivity index (χ1n) is 8.61. The second kappa shape index (κ2) is 8.21. The van der Waals surface area contributed by atoms with E-state index in [0.29, 0.717) is 5.56 Å². The average molecular weight is 391 g/mol. The predicted octanol–water partition coefficient (Wildman–Crippen LogP) is 3.31. The van der Waals surface area contributed by atoms with Gasteiger partial charge in [-0.1, -0.05) is 49.9 Å². The molecule has 146 valence electrons. The van der Waals surface area contributed by atoms with E-state index in [1.807, 2.05) is 23.9 Å². The summed E-state index contributed by atoms with van der Waals surface area (Å²) in [5.74, 6) is -0.272. The van der Waals surface area contributed by atoms with Crippen LogP contribution in [-0.2, 0) is 20.3 Å². The van der Waals surface area contributed by atoms with Gasteiger partial charge in [-0.05, 0) is 47.7 Å². The molecule has 2 aromatic carbocycles. The van der Waals surface area contributed by atoms with Gasteiger partial charge in [0, 0.05) is 5.56 Å². The van der Waals surface area contributed by atoms with Gasteiger partial charge in [-0.15, -0.1) is 0 Å². The lowest BCUT2D eigenvalue weighted by atomic mass is 9.86. The number of sulfonamides is 1. The molecular formula is C20H26N2O4S. The largest absolute Gasteiger partial charge is 0.346 e. The second-order valence-electron chi connectivity index (χ2n) is 7.38. The number of hydrogen-bond donors (Lipinski definition) is 2. The van der Waals surface area contributed by atoms with Crippen LogP contribution in [-0.4, -0.2) is 21.4 Å². The molecule has 0 bridgehead atoms. The summed E-state index contributed by atoms with van der Waals surface area (Å²) in [6.45, 7) is 8.36. The average Bonchev–Trinajstić information content (AvgIpc) is 2.61. The zero-order valence-electron chi connectivity index (χ0n) is 16.2. The molecule has 7 heteroatoms. The summed E-state index contributed by atoms with van der Waals surface area (Å²) in [4.78, 5) is 18.8. The number of amides is 1. The zero-order valence-corrected chi connectivity index (χ0v) is 17.1. The van der Waals surface area contributed by atoms with E-state index in [2.05, 4.69) is 43.1 Å². The van der Waals surface area contributed by atoms with Crippen LogP contribution >= 0.6 is 0 Å². The van der Waals surface area contributed by atoms with Gasteiger partial charge in [-0.3, -0.25) is 9.63 Å². The Labute approximate surface area is 160 Å². The first-order valence-corrected chi connectivity index (χ1v) is 10.1. The van der Waals surface area contributed by atoms with Crippen molar-refractivity contribution in [1.82, 2.24) is 10.2 Å². The minimum atomic E-state index is -3.74. The van der Waals surface area contributed by atoms with Crippen molar-refractivity contribution < 1.29 is 18.0 Å². The predicted molar refractivity (Wildman–Crippen MR) is 105 cm³/mol. The van der Waals surface area contributed by atoms with E-state index in [-0.39, 0.29) is 22.3 Å². The molecule has 0 aliphatic heterocycles. The highest BCUT2D eigenvalue weighted by Gasteiger charge is 2.17. The van der Waals surface area contributed by atoms with Gasteiger partial charge in [-0.25, -0.2) is 8.42 Å². The Morgan fingerprint density at radius 3 is 2.04 bits per heavy atom. The molecule has 0 fully saturated rings. The number of hydrogen-bond acceptors (Lipinski definition) is 4. The van der Waals surface area contributed by atoms with Crippen LogP contribution < -0.4 is 10.2 Å². The van der Waals surface area contributed by atoms with E-state index in [1.54, 1.807) is 0 Å². The van der Waals surface area contributed by atoms with Crippen LogP contribution in [0.3, 0.4) is 0 Å². The van der Waals surface area contributed by atoms with E-state index in [4.69, 9.17) is 0 Å². The third kappa shape index (κ3) is 5.38. The Hall–Kier alpha value is -2.22. The summed E-state index contributed by atoms with van der Waals surface area (Å²) >= 11 is 0. The van der Waals surface area contributed by atoms with Gasteiger partial charge < -0.3 is 5.32 Å². The third-order valence-corrected chi connectivity index (χ3v) is 5.52. The number of rotatable bonds is 6. The molecular weight excluding hydrogens is 364 g/mol. The molecule has 1 amide bonds. The fourth-order valence-corrected chi connectivity index (χ4v) is 3.39. The lowest BCUT2D eigenvalue weighted by Crippen LogP contribution is -2.27. The van der Waals surface area contributed by atoms with E-state index < -0.39 is 10.0 Å². The molecule has 1 atom stereocenters.